The Balaban J connectivity index is 0.919. The molecule has 0 fully saturated rings. The van der Waals surface area contributed by atoms with Crippen molar-refractivity contribution in [1.82, 2.24) is 0 Å². The van der Waals surface area contributed by atoms with Crippen molar-refractivity contribution < 1.29 is 9.13 Å². The molecule has 4 heteroatoms. The second-order valence-corrected chi connectivity index (χ2v) is 25.2. The van der Waals surface area contributed by atoms with Gasteiger partial charge in [-0.15, -0.1) is 0 Å². The molecule has 72 heavy (non-hydrogen) atoms. The third kappa shape index (κ3) is 5.21. The van der Waals surface area contributed by atoms with Crippen molar-refractivity contribution in [2.24, 2.45) is 0 Å². The second-order valence-electron chi connectivity index (χ2n) is 19.6. The van der Waals surface area contributed by atoms with Gasteiger partial charge in [0.1, 0.15) is 0 Å². The highest BCUT2D eigenvalue weighted by Crippen LogP contribution is 2.65. The Bertz CT molecular complexity index is 3780. The zero-order valence-corrected chi connectivity index (χ0v) is 40.9. The minimum Gasteiger partial charge on any atom is -0.309 e. The number of benzene rings is 11. The SMILES string of the molecule is O=P(c1ccccc1)(c1ccc(P(=O)(c2ccccc2)c2ccc3c(c2)C2(c4ccccc4-c4ccccc42)c2ccccc2-3)cc1)c1ccc2c(c1)C1(c3ccccc3-c3ccccc31)c1ccccc1-2. The summed E-state index contributed by atoms with van der Waals surface area (Å²) < 4.78 is 33.6. The van der Waals surface area contributed by atoms with Gasteiger partial charge in [0, 0.05) is 31.8 Å². The zero-order valence-electron chi connectivity index (χ0n) is 39.1. The highest BCUT2D eigenvalue weighted by Gasteiger charge is 2.54. The molecule has 338 valence electrons. The summed E-state index contributed by atoms with van der Waals surface area (Å²) in [6, 6.07) is 93.7. The first kappa shape index (κ1) is 41.6. The summed E-state index contributed by atoms with van der Waals surface area (Å²) in [7, 11) is -7.12. The van der Waals surface area contributed by atoms with E-state index in [0.717, 1.165) is 43.5 Å². The molecule has 0 radical (unpaired) electrons. The molecule has 15 rings (SSSR count). The summed E-state index contributed by atoms with van der Waals surface area (Å²) in [4.78, 5) is 0. The zero-order chi connectivity index (χ0) is 47.8. The highest BCUT2D eigenvalue weighted by atomic mass is 31.2. The van der Waals surface area contributed by atoms with Crippen molar-refractivity contribution in [3.8, 4) is 44.5 Å². The lowest BCUT2D eigenvalue weighted by Gasteiger charge is -2.31. The van der Waals surface area contributed by atoms with Crippen molar-refractivity contribution >= 4 is 46.1 Å². The fourth-order valence-corrected chi connectivity index (χ4v) is 18.9. The molecule has 0 saturated carbocycles. The van der Waals surface area contributed by atoms with Gasteiger partial charge >= 0.3 is 0 Å². The molecule has 0 N–H and O–H groups in total. The standard InChI is InChI=1S/C68H44O2P2/c69-71(45-19-3-1-4-20-45,49-39-41-57-55-27-11-17-33-63(55)67(65(57)43-49)59-29-13-7-23-51(59)52-24-8-14-30-60(52)67)47-35-37-48(38-36-47)72(70,46-21-5-2-6-22-46)50-40-42-58-56-28-12-18-34-64(56)68(66(58)44-50)61-31-15-9-25-53(61)54-26-10-16-32-62(54)68/h1-44H. The van der Waals surface area contributed by atoms with Crippen molar-refractivity contribution in [1.29, 1.82) is 0 Å². The monoisotopic (exact) mass is 954 g/mol. The van der Waals surface area contributed by atoms with Gasteiger partial charge in [0.25, 0.3) is 0 Å². The predicted molar refractivity (Wildman–Crippen MR) is 298 cm³/mol. The van der Waals surface area contributed by atoms with Crippen LogP contribution in [-0.4, -0.2) is 0 Å². The molecule has 0 saturated heterocycles. The first-order valence-electron chi connectivity index (χ1n) is 24.8. The number of hydrogen-bond donors (Lipinski definition) is 0. The van der Waals surface area contributed by atoms with Crippen LogP contribution < -0.4 is 31.8 Å². The Hall–Kier alpha value is -8.12. The van der Waals surface area contributed by atoms with Crippen LogP contribution in [-0.2, 0) is 20.0 Å². The van der Waals surface area contributed by atoms with Gasteiger partial charge in [0.15, 0.2) is 14.3 Å². The van der Waals surface area contributed by atoms with E-state index in [1.807, 2.05) is 84.9 Å². The molecule has 2 nitrogen and oxygen atoms in total. The average molecular weight is 955 g/mol. The molecular weight excluding hydrogens is 911 g/mol. The lowest BCUT2D eigenvalue weighted by molar-refractivity contribution is 0.591. The fourth-order valence-electron chi connectivity index (χ4n) is 13.6. The molecule has 2 spiro atoms. The van der Waals surface area contributed by atoms with Gasteiger partial charge in [-0.2, -0.15) is 0 Å². The molecule has 4 aliphatic carbocycles. The summed E-state index contributed by atoms with van der Waals surface area (Å²) in [5.74, 6) is 0. The number of rotatable bonds is 6. The fraction of sp³-hybridized carbons (Fsp3) is 0.0294. The largest absolute Gasteiger partial charge is 0.309 e. The number of fused-ring (bicyclic) bond motifs is 20. The van der Waals surface area contributed by atoms with E-state index in [-0.39, 0.29) is 0 Å². The van der Waals surface area contributed by atoms with E-state index in [1.54, 1.807) is 0 Å². The Morgan fingerprint density at radius 3 is 0.681 bits per heavy atom. The van der Waals surface area contributed by atoms with Gasteiger partial charge in [-0.1, -0.05) is 255 Å². The van der Waals surface area contributed by atoms with Gasteiger partial charge in [0.2, 0.25) is 0 Å². The third-order valence-electron chi connectivity index (χ3n) is 16.5. The number of hydrogen-bond acceptors (Lipinski definition) is 2. The molecule has 11 aromatic carbocycles. The van der Waals surface area contributed by atoms with Gasteiger partial charge in [-0.25, -0.2) is 0 Å². The lowest BCUT2D eigenvalue weighted by atomic mass is 9.70. The molecule has 0 aromatic heterocycles. The summed E-state index contributed by atoms with van der Waals surface area (Å²) in [6.45, 7) is 0. The summed E-state index contributed by atoms with van der Waals surface area (Å²) >= 11 is 0. The van der Waals surface area contributed by atoms with Crippen LogP contribution in [0.3, 0.4) is 0 Å². The van der Waals surface area contributed by atoms with Crippen molar-refractivity contribution in [2.75, 3.05) is 0 Å². The van der Waals surface area contributed by atoms with E-state index in [9.17, 15) is 0 Å². The van der Waals surface area contributed by atoms with Gasteiger partial charge in [0.05, 0.1) is 10.8 Å². The molecular formula is C68H44O2P2. The van der Waals surface area contributed by atoms with Crippen LogP contribution in [0, 0.1) is 0 Å². The minimum atomic E-state index is -3.56. The van der Waals surface area contributed by atoms with Crippen LogP contribution in [0.5, 0.6) is 0 Å². The highest BCUT2D eigenvalue weighted by molar-refractivity contribution is 7.86. The topological polar surface area (TPSA) is 34.1 Å². The average Bonchev–Trinajstić information content (AvgIpc) is 4.15. The molecule has 2 unspecified atom stereocenters. The summed E-state index contributed by atoms with van der Waals surface area (Å²) in [6.07, 6.45) is 0. The molecule has 0 bridgehead atoms. The van der Waals surface area contributed by atoms with Gasteiger partial charge < -0.3 is 9.13 Å². The van der Waals surface area contributed by atoms with Crippen LogP contribution in [0.4, 0.5) is 0 Å². The van der Waals surface area contributed by atoms with Crippen LogP contribution in [0.2, 0.25) is 0 Å². The van der Waals surface area contributed by atoms with Crippen molar-refractivity contribution in [3.63, 3.8) is 0 Å². The molecule has 0 amide bonds. The van der Waals surface area contributed by atoms with Gasteiger partial charge in [-0.3, -0.25) is 0 Å². The van der Waals surface area contributed by atoms with Crippen LogP contribution >= 0.6 is 14.3 Å². The maximum Gasteiger partial charge on any atom is 0.171 e. The van der Waals surface area contributed by atoms with E-state index in [2.05, 4.69) is 182 Å². The first-order chi connectivity index (χ1) is 35.5. The molecule has 11 aromatic rings. The smallest absolute Gasteiger partial charge is 0.171 e. The van der Waals surface area contributed by atoms with Crippen molar-refractivity contribution in [2.45, 2.75) is 10.8 Å². The van der Waals surface area contributed by atoms with Crippen LogP contribution in [0.15, 0.2) is 267 Å². The molecule has 2 atom stereocenters. The van der Waals surface area contributed by atoms with Crippen molar-refractivity contribution in [3.05, 3.63) is 311 Å². The third-order valence-corrected chi connectivity index (χ3v) is 22.6. The van der Waals surface area contributed by atoms with E-state index < -0.39 is 25.1 Å². The molecule has 4 aliphatic rings. The predicted octanol–water partition coefficient (Wildman–Crippen LogP) is 13.7. The normalized spacial score (nSPS) is 15.8. The van der Waals surface area contributed by atoms with E-state index in [4.69, 9.17) is 0 Å². The Kier molecular flexibility index (Phi) is 8.79. The maximum atomic E-state index is 16.8. The maximum absolute atomic E-state index is 16.8. The van der Waals surface area contributed by atoms with E-state index in [1.165, 1.54) is 66.8 Å². The van der Waals surface area contributed by atoms with E-state index in [0.29, 0.717) is 10.6 Å². The van der Waals surface area contributed by atoms with E-state index >= 15 is 9.13 Å². The molecule has 0 aliphatic heterocycles. The summed E-state index contributed by atoms with van der Waals surface area (Å²) in [5.41, 5.74) is 18.2. The first-order valence-corrected chi connectivity index (χ1v) is 28.2. The minimum absolute atomic E-state index is 0.582. The Labute approximate surface area is 419 Å². The quantitative estimate of drug-likeness (QED) is 0.156. The second kappa shape index (κ2) is 15.2. The Morgan fingerprint density at radius 2 is 0.403 bits per heavy atom. The van der Waals surface area contributed by atoms with Gasteiger partial charge in [-0.05, 0) is 101 Å². The van der Waals surface area contributed by atoms with Crippen LogP contribution in [0.1, 0.15) is 44.5 Å². The summed E-state index contributed by atoms with van der Waals surface area (Å²) in [5, 5.41) is 4.41. The van der Waals surface area contributed by atoms with Crippen LogP contribution in [0.25, 0.3) is 44.5 Å². The molecule has 0 heterocycles. The lowest BCUT2D eigenvalue weighted by Crippen LogP contribution is -2.31. The Morgan fingerprint density at radius 1 is 0.194 bits per heavy atom.